The summed E-state index contributed by atoms with van der Waals surface area (Å²) in [5.41, 5.74) is 1.43. The minimum atomic E-state index is -0.513. The Morgan fingerprint density at radius 2 is 2.07 bits per heavy atom. The minimum Gasteiger partial charge on any atom is -0.495 e. The fraction of sp³-hybridized carbons (Fsp3) is 0.211. The average molecular weight is 528 g/mol. The fourth-order valence-electron chi connectivity index (χ4n) is 2.37. The van der Waals surface area contributed by atoms with Crippen molar-refractivity contribution in [3.8, 4) is 11.8 Å². The standard InChI is InChI=1S/C19H16Br2N2O4S/c1-4-27-19(25)17-10(2)13(9-22)18(28-17)23-15(24)6-5-11-7-12(20)8-14(21)16(11)26-3/h5-8H,4H2,1-3H3,(H,23,24)/b6-5+. The summed E-state index contributed by atoms with van der Waals surface area (Å²) in [6, 6.07) is 5.67. The summed E-state index contributed by atoms with van der Waals surface area (Å²) in [6.07, 6.45) is 2.93. The number of methoxy groups -OCH3 is 1. The van der Waals surface area contributed by atoms with E-state index in [1.165, 1.54) is 13.2 Å². The summed E-state index contributed by atoms with van der Waals surface area (Å²) in [7, 11) is 1.54. The van der Waals surface area contributed by atoms with Crippen molar-refractivity contribution in [1.82, 2.24) is 0 Å². The zero-order valence-electron chi connectivity index (χ0n) is 15.3. The maximum absolute atomic E-state index is 12.4. The number of halogens is 2. The number of hydrogen-bond acceptors (Lipinski definition) is 6. The smallest absolute Gasteiger partial charge is 0.348 e. The van der Waals surface area contributed by atoms with Gasteiger partial charge in [0, 0.05) is 16.1 Å². The first-order valence-corrected chi connectivity index (χ1v) is 10.4. The molecule has 28 heavy (non-hydrogen) atoms. The molecule has 9 heteroatoms. The van der Waals surface area contributed by atoms with Gasteiger partial charge in [0.15, 0.2) is 0 Å². The monoisotopic (exact) mass is 526 g/mol. The van der Waals surface area contributed by atoms with Crippen LogP contribution in [0.5, 0.6) is 5.75 Å². The van der Waals surface area contributed by atoms with Crippen molar-refractivity contribution in [3.05, 3.63) is 48.7 Å². The lowest BCUT2D eigenvalue weighted by atomic mass is 10.1. The second kappa shape index (κ2) is 9.87. The van der Waals surface area contributed by atoms with Crippen LogP contribution in [0.3, 0.4) is 0 Å². The summed E-state index contributed by atoms with van der Waals surface area (Å²) in [5, 5.41) is 12.3. The van der Waals surface area contributed by atoms with Crippen LogP contribution in [0.4, 0.5) is 5.00 Å². The highest BCUT2D eigenvalue weighted by Crippen LogP contribution is 2.34. The van der Waals surface area contributed by atoms with Gasteiger partial charge in [0.1, 0.15) is 21.7 Å². The number of esters is 1. The molecule has 0 radical (unpaired) electrons. The van der Waals surface area contributed by atoms with Crippen LogP contribution < -0.4 is 10.1 Å². The SMILES string of the molecule is CCOC(=O)c1sc(NC(=O)/C=C/c2cc(Br)cc(Br)c2OC)c(C#N)c1C. The number of nitrogens with one attached hydrogen (secondary N) is 1. The Morgan fingerprint density at radius 3 is 2.68 bits per heavy atom. The molecule has 2 rings (SSSR count). The number of thiophene rings is 1. The minimum absolute atomic E-state index is 0.229. The molecule has 0 atom stereocenters. The first kappa shape index (κ1) is 22.1. The zero-order valence-corrected chi connectivity index (χ0v) is 19.2. The number of carbonyl (C=O) groups is 2. The summed E-state index contributed by atoms with van der Waals surface area (Å²) < 4.78 is 11.9. The van der Waals surface area contributed by atoms with Crippen molar-refractivity contribution < 1.29 is 19.1 Å². The van der Waals surface area contributed by atoms with Crippen molar-refractivity contribution in [3.63, 3.8) is 0 Å². The number of hydrogen-bond donors (Lipinski definition) is 1. The Bertz CT molecular complexity index is 993. The third-order valence-electron chi connectivity index (χ3n) is 3.61. The maximum Gasteiger partial charge on any atom is 0.348 e. The van der Waals surface area contributed by atoms with Crippen LogP contribution in [0, 0.1) is 18.3 Å². The molecule has 146 valence electrons. The third-order valence-corrected chi connectivity index (χ3v) is 5.85. The van der Waals surface area contributed by atoms with Crippen LogP contribution in [0.25, 0.3) is 6.08 Å². The molecule has 0 spiro atoms. The Kier molecular flexibility index (Phi) is 7.80. The van der Waals surface area contributed by atoms with E-state index in [-0.39, 0.29) is 12.2 Å². The van der Waals surface area contributed by atoms with Gasteiger partial charge in [0.25, 0.3) is 0 Å². The van der Waals surface area contributed by atoms with Gasteiger partial charge in [-0.05, 0) is 53.5 Å². The lowest BCUT2D eigenvalue weighted by Gasteiger charge is -2.08. The number of rotatable bonds is 6. The number of nitriles is 1. The van der Waals surface area contributed by atoms with Gasteiger partial charge in [-0.2, -0.15) is 5.26 Å². The highest BCUT2D eigenvalue weighted by molar-refractivity contribution is 9.11. The molecular weight excluding hydrogens is 512 g/mol. The zero-order chi connectivity index (χ0) is 20.8. The average Bonchev–Trinajstić information content (AvgIpc) is 2.95. The Labute approximate surface area is 183 Å². The molecule has 0 saturated heterocycles. The number of ether oxygens (including phenoxy) is 2. The quantitative estimate of drug-likeness (QED) is 0.407. The normalized spacial score (nSPS) is 10.6. The van der Waals surface area contributed by atoms with Gasteiger partial charge < -0.3 is 14.8 Å². The largest absolute Gasteiger partial charge is 0.495 e. The van der Waals surface area contributed by atoms with Crippen LogP contribution in [0.2, 0.25) is 0 Å². The summed E-state index contributed by atoms with van der Waals surface area (Å²) in [5.74, 6) is -0.367. The highest BCUT2D eigenvalue weighted by atomic mass is 79.9. The van der Waals surface area contributed by atoms with E-state index in [2.05, 4.69) is 37.2 Å². The van der Waals surface area contributed by atoms with Gasteiger partial charge in [0.2, 0.25) is 5.91 Å². The Morgan fingerprint density at radius 1 is 1.36 bits per heavy atom. The van der Waals surface area contributed by atoms with Gasteiger partial charge in [-0.3, -0.25) is 4.79 Å². The van der Waals surface area contributed by atoms with Crippen molar-refractivity contribution in [2.45, 2.75) is 13.8 Å². The van der Waals surface area contributed by atoms with E-state index in [0.717, 1.165) is 20.3 Å². The van der Waals surface area contributed by atoms with E-state index in [4.69, 9.17) is 9.47 Å². The molecular formula is C19H16Br2N2O4S. The number of nitrogens with zero attached hydrogens (tertiary/aromatic N) is 1. The number of amides is 1. The lowest BCUT2D eigenvalue weighted by Crippen LogP contribution is -2.07. The number of carbonyl (C=O) groups excluding carboxylic acids is 2. The van der Waals surface area contributed by atoms with Crippen LogP contribution in [0.1, 0.15) is 33.3 Å². The summed E-state index contributed by atoms with van der Waals surface area (Å²) in [6.45, 7) is 3.58. The highest BCUT2D eigenvalue weighted by Gasteiger charge is 2.21. The van der Waals surface area contributed by atoms with Gasteiger partial charge in [-0.1, -0.05) is 15.9 Å². The van der Waals surface area contributed by atoms with E-state index in [9.17, 15) is 14.9 Å². The molecule has 0 aliphatic heterocycles. The van der Waals surface area contributed by atoms with Gasteiger partial charge in [-0.15, -0.1) is 11.3 Å². The Hall–Kier alpha value is -2.15. The Balaban J connectivity index is 2.27. The molecule has 1 aromatic carbocycles. The van der Waals surface area contributed by atoms with E-state index in [0.29, 0.717) is 26.8 Å². The van der Waals surface area contributed by atoms with Crippen LogP contribution in [0.15, 0.2) is 27.2 Å². The van der Waals surface area contributed by atoms with E-state index in [1.54, 1.807) is 19.9 Å². The van der Waals surface area contributed by atoms with Crippen LogP contribution in [-0.2, 0) is 9.53 Å². The predicted octanol–water partition coefficient (Wildman–Crippen LogP) is 5.29. The van der Waals surface area contributed by atoms with E-state index >= 15 is 0 Å². The first-order valence-electron chi connectivity index (χ1n) is 8.05. The lowest BCUT2D eigenvalue weighted by molar-refractivity contribution is -0.111. The molecule has 0 aliphatic carbocycles. The van der Waals surface area contributed by atoms with Crippen molar-refractivity contribution >= 4 is 66.2 Å². The molecule has 6 nitrogen and oxygen atoms in total. The topological polar surface area (TPSA) is 88.4 Å². The molecule has 0 aliphatic rings. The van der Waals surface area contributed by atoms with Crippen molar-refractivity contribution in [2.24, 2.45) is 0 Å². The second-order valence-electron chi connectivity index (χ2n) is 5.43. The molecule has 1 aromatic heterocycles. The molecule has 1 heterocycles. The maximum atomic E-state index is 12.4. The molecule has 1 amide bonds. The van der Waals surface area contributed by atoms with Gasteiger partial charge in [-0.25, -0.2) is 4.79 Å². The molecule has 0 fully saturated rings. The van der Waals surface area contributed by atoms with Gasteiger partial charge >= 0.3 is 5.97 Å². The van der Waals surface area contributed by atoms with Gasteiger partial charge in [0.05, 0.1) is 23.8 Å². The summed E-state index contributed by atoms with van der Waals surface area (Å²) in [4.78, 5) is 24.7. The van der Waals surface area contributed by atoms with E-state index in [1.807, 2.05) is 18.2 Å². The van der Waals surface area contributed by atoms with Crippen molar-refractivity contribution in [2.75, 3.05) is 19.0 Å². The number of anilines is 1. The van der Waals surface area contributed by atoms with E-state index < -0.39 is 11.9 Å². The molecule has 0 saturated carbocycles. The molecule has 1 N–H and O–H groups in total. The first-order chi connectivity index (χ1) is 13.3. The fourth-order valence-corrected chi connectivity index (χ4v) is 4.84. The number of benzene rings is 1. The van der Waals surface area contributed by atoms with Crippen LogP contribution in [-0.4, -0.2) is 25.6 Å². The molecule has 0 bridgehead atoms. The summed E-state index contributed by atoms with van der Waals surface area (Å²) >= 11 is 7.82. The third kappa shape index (κ3) is 5.01. The second-order valence-corrected chi connectivity index (χ2v) is 8.22. The van der Waals surface area contributed by atoms with Crippen molar-refractivity contribution in [1.29, 1.82) is 5.26 Å². The van der Waals surface area contributed by atoms with Crippen LogP contribution >= 0.6 is 43.2 Å². The molecule has 2 aromatic rings. The predicted molar refractivity (Wildman–Crippen MR) is 116 cm³/mol. The molecule has 0 unspecified atom stereocenters.